The molecule has 4 aromatic rings. The first-order valence-corrected chi connectivity index (χ1v) is 12.1. The van der Waals surface area contributed by atoms with Crippen LogP contribution >= 0.6 is 39.3 Å². The quantitative estimate of drug-likeness (QED) is 0.153. The third-order valence-electron chi connectivity index (χ3n) is 4.77. The van der Waals surface area contributed by atoms with Crippen molar-refractivity contribution in [2.24, 2.45) is 5.10 Å². The van der Waals surface area contributed by atoms with E-state index in [4.69, 9.17) is 11.6 Å². The maximum atomic E-state index is 13.2. The zero-order chi connectivity index (χ0) is 23.4. The van der Waals surface area contributed by atoms with Gasteiger partial charge in [-0.25, -0.2) is 10.4 Å². The maximum absolute atomic E-state index is 13.2. The molecule has 1 N–H and O–H groups in total. The van der Waals surface area contributed by atoms with Crippen molar-refractivity contribution in [2.75, 3.05) is 5.75 Å². The van der Waals surface area contributed by atoms with Crippen LogP contribution in [0, 0.1) is 0 Å². The fourth-order valence-corrected chi connectivity index (χ4v) is 4.49. The van der Waals surface area contributed by atoms with Crippen LogP contribution in [0.4, 0.5) is 0 Å². The number of aromatic nitrogens is 2. The molecule has 0 aliphatic rings. The van der Waals surface area contributed by atoms with Gasteiger partial charge in [-0.3, -0.25) is 14.2 Å². The van der Waals surface area contributed by atoms with Crippen LogP contribution in [0.15, 0.2) is 92.3 Å². The Bertz CT molecular complexity index is 1420. The second-order valence-electron chi connectivity index (χ2n) is 7.03. The molecule has 0 radical (unpaired) electrons. The Morgan fingerprint density at radius 2 is 1.79 bits per heavy atom. The van der Waals surface area contributed by atoms with E-state index in [1.807, 2.05) is 48.5 Å². The van der Waals surface area contributed by atoms with Crippen LogP contribution in [0.25, 0.3) is 16.6 Å². The van der Waals surface area contributed by atoms with Gasteiger partial charge in [-0.15, -0.1) is 0 Å². The Balaban J connectivity index is 1.59. The van der Waals surface area contributed by atoms with Gasteiger partial charge in [-0.1, -0.05) is 69.6 Å². The summed E-state index contributed by atoms with van der Waals surface area (Å²) >= 11 is 10.8. The smallest absolute Gasteiger partial charge is 0.266 e. The maximum Gasteiger partial charge on any atom is 0.266 e. The summed E-state index contributed by atoms with van der Waals surface area (Å²) in [4.78, 5) is 30.4. The highest BCUT2D eigenvalue weighted by molar-refractivity contribution is 9.10. The highest BCUT2D eigenvalue weighted by atomic mass is 79.9. The number of para-hydroxylation sites is 1. The minimum Gasteiger partial charge on any atom is -0.272 e. The predicted molar refractivity (Wildman–Crippen MR) is 138 cm³/mol. The topological polar surface area (TPSA) is 76.3 Å². The number of hydrazone groups is 1. The molecule has 0 aliphatic heterocycles. The molecular weight excluding hydrogens is 524 g/mol. The molecule has 0 spiro atoms. The van der Waals surface area contributed by atoms with Gasteiger partial charge in [0.1, 0.15) is 0 Å². The van der Waals surface area contributed by atoms with Crippen LogP contribution in [0.3, 0.4) is 0 Å². The average molecular weight is 542 g/mol. The number of benzene rings is 3. The molecule has 0 atom stereocenters. The number of carbonyl (C=O) groups excluding carboxylic acids is 1. The number of hydrogen-bond acceptors (Lipinski definition) is 5. The molecule has 6 nitrogen and oxygen atoms in total. The first-order valence-electron chi connectivity index (χ1n) is 9.92. The zero-order valence-corrected chi connectivity index (χ0v) is 20.6. The van der Waals surface area contributed by atoms with Crippen molar-refractivity contribution in [2.45, 2.75) is 12.1 Å². The molecule has 33 heavy (non-hydrogen) atoms. The summed E-state index contributed by atoms with van der Waals surface area (Å²) in [7, 11) is 0. The number of halogens is 2. The van der Waals surface area contributed by atoms with Gasteiger partial charge >= 0.3 is 0 Å². The van der Waals surface area contributed by atoms with E-state index in [1.54, 1.807) is 31.2 Å². The lowest BCUT2D eigenvalue weighted by Crippen LogP contribution is -2.24. The van der Waals surface area contributed by atoms with E-state index in [0.717, 1.165) is 10.0 Å². The lowest BCUT2D eigenvalue weighted by atomic mass is 10.1. The number of nitrogens with one attached hydrogen (secondary N) is 1. The average Bonchev–Trinajstić information content (AvgIpc) is 2.82. The van der Waals surface area contributed by atoms with E-state index in [0.29, 0.717) is 32.5 Å². The molecule has 0 saturated carbocycles. The predicted octanol–water partition coefficient (Wildman–Crippen LogP) is 5.43. The summed E-state index contributed by atoms with van der Waals surface area (Å²) < 4.78 is 2.42. The molecule has 0 unspecified atom stereocenters. The van der Waals surface area contributed by atoms with Crippen LogP contribution in [-0.4, -0.2) is 26.9 Å². The highest BCUT2D eigenvalue weighted by Gasteiger charge is 2.15. The Kier molecular flexibility index (Phi) is 7.27. The van der Waals surface area contributed by atoms with Crippen molar-refractivity contribution < 1.29 is 4.79 Å². The zero-order valence-electron chi connectivity index (χ0n) is 17.5. The molecule has 1 amide bonds. The van der Waals surface area contributed by atoms with E-state index in [-0.39, 0.29) is 17.2 Å². The SMILES string of the molecule is CC(=NNC(=O)CSc1nc2ccccc2c(=O)n1-c1ccc(Br)cc1)c1ccccc1Cl. The summed E-state index contributed by atoms with van der Waals surface area (Å²) in [6.07, 6.45) is 0. The van der Waals surface area contributed by atoms with E-state index >= 15 is 0 Å². The van der Waals surface area contributed by atoms with Crippen LogP contribution in [0.2, 0.25) is 5.02 Å². The second-order valence-corrected chi connectivity index (χ2v) is 9.29. The Morgan fingerprint density at radius 1 is 1.09 bits per heavy atom. The minimum atomic E-state index is -0.323. The van der Waals surface area contributed by atoms with Crippen LogP contribution in [0.1, 0.15) is 12.5 Å². The number of amides is 1. The van der Waals surface area contributed by atoms with Crippen molar-refractivity contribution >= 4 is 61.8 Å². The lowest BCUT2D eigenvalue weighted by Gasteiger charge is -2.13. The van der Waals surface area contributed by atoms with Crippen molar-refractivity contribution in [3.63, 3.8) is 0 Å². The van der Waals surface area contributed by atoms with Gasteiger partial charge < -0.3 is 0 Å². The fraction of sp³-hybridized carbons (Fsp3) is 0.0833. The van der Waals surface area contributed by atoms with E-state index in [2.05, 4.69) is 31.4 Å². The number of hydrogen-bond donors (Lipinski definition) is 1. The van der Waals surface area contributed by atoms with E-state index in [9.17, 15) is 9.59 Å². The Morgan fingerprint density at radius 3 is 2.55 bits per heavy atom. The lowest BCUT2D eigenvalue weighted by molar-refractivity contribution is -0.118. The Labute approximate surface area is 207 Å². The summed E-state index contributed by atoms with van der Waals surface area (Å²) in [6.45, 7) is 1.77. The summed E-state index contributed by atoms with van der Waals surface area (Å²) in [5, 5.41) is 5.64. The van der Waals surface area contributed by atoms with Crippen molar-refractivity contribution in [3.05, 3.63) is 98.2 Å². The second kappa shape index (κ2) is 10.3. The van der Waals surface area contributed by atoms with Crippen molar-refractivity contribution in [1.29, 1.82) is 0 Å². The van der Waals surface area contributed by atoms with Gasteiger partial charge in [-0.05, 0) is 49.4 Å². The van der Waals surface area contributed by atoms with Gasteiger partial charge in [-0.2, -0.15) is 5.10 Å². The van der Waals surface area contributed by atoms with Crippen LogP contribution < -0.4 is 11.0 Å². The molecule has 0 fully saturated rings. The molecular formula is C24H18BrClN4O2S. The molecule has 166 valence electrons. The first-order chi connectivity index (χ1) is 15.9. The molecule has 1 aromatic heterocycles. The van der Waals surface area contributed by atoms with Gasteiger partial charge in [0, 0.05) is 15.1 Å². The largest absolute Gasteiger partial charge is 0.272 e. The molecule has 9 heteroatoms. The minimum absolute atomic E-state index is 0.0284. The Hall–Kier alpha value is -2.94. The van der Waals surface area contributed by atoms with E-state index < -0.39 is 0 Å². The van der Waals surface area contributed by atoms with Gasteiger partial charge in [0.05, 0.1) is 28.1 Å². The highest BCUT2D eigenvalue weighted by Crippen LogP contribution is 2.22. The molecule has 4 rings (SSSR count). The van der Waals surface area contributed by atoms with Gasteiger partial charge in [0.25, 0.3) is 11.5 Å². The standard InChI is InChI=1S/C24H18BrClN4O2S/c1-15(18-6-2-4-8-20(18)26)28-29-22(31)14-33-24-27-21-9-5-3-7-19(21)23(32)30(24)17-12-10-16(25)11-13-17/h2-13H,14H2,1H3,(H,29,31). The van der Waals surface area contributed by atoms with E-state index in [1.165, 1.54) is 16.3 Å². The number of nitrogens with zero attached hydrogens (tertiary/aromatic N) is 3. The third-order valence-corrected chi connectivity index (χ3v) is 6.57. The first kappa shape index (κ1) is 23.2. The molecule has 1 heterocycles. The van der Waals surface area contributed by atoms with Gasteiger partial charge in [0.2, 0.25) is 0 Å². The summed E-state index contributed by atoms with van der Waals surface area (Å²) in [6, 6.07) is 21.8. The number of carbonyl (C=O) groups is 1. The molecule has 0 aliphatic carbocycles. The van der Waals surface area contributed by atoms with Crippen molar-refractivity contribution in [1.82, 2.24) is 15.0 Å². The molecule has 0 saturated heterocycles. The van der Waals surface area contributed by atoms with Crippen LogP contribution in [0.5, 0.6) is 0 Å². The number of fused-ring (bicyclic) bond motifs is 1. The van der Waals surface area contributed by atoms with Crippen LogP contribution in [-0.2, 0) is 4.79 Å². The van der Waals surface area contributed by atoms with Crippen molar-refractivity contribution in [3.8, 4) is 5.69 Å². The molecule has 0 bridgehead atoms. The summed E-state index contributed by atoms with van der Waals surface area (Å²) in [5.74, 6) is -0.295. The number of thioether (sulfide) groups is 1. The third kappa shape index (κ3) is 5.35. The monoisotopic (exact) mass is 540 g/mol. The summed E-state index contributed by atoms with van der Waals surface area (Å²) in [5.41, 5.74) is 4.92. The normalized spacial score (nSPS) is 11.5. The molecule has 3 aromatic carbocycles. The number of rotatable bonds is 6. The van der Waals surface area contributed by atoms with Gasteiger partial charge in [0.15, 0.2) is 5.16 Å². The fourth-order valence-electron chi connectivity index (χ4n) is 3.15.